The molecule has 12 heavy (non-hydrogen) atoms. The highest BCUT2D eigenvalue weighted by atomic mass is 32.2. The topological polar surface area (TPSA) is 74.3 Å². The van der Waals surface area contributed by atoms with Crippen molar-refractivity contribution in [2.24, 2.45) is 0 Å². The Balaban J connectivity index is 4.65. The van der Waals surface area contributed by atoms with Crippen LogP contribution in [0.5, 0.6) is 0 Å². The van der Waals surface area contributed by atoms with Crippen LogP contribution in [-0.4, -0.2) is 43.3 Å². The Hall–Kier alpha value is -0.720. The van der Waals surface area contributed by atoms with Gasteiger partial charge in [0.15, 0.2) is 5.88 Å². The number of hydrogen-bond acceptors (Lipinski definition) is 4. The van der Waals surface area contributed by atoms with E-state index < -0.39 is 26.4 Å². The van der Waals surface area contributed by atoms with Crippen molar-refractivity contribution in [1.29, 1.82) is 0 Å². The SMILES string of the molecule is C=CC(=O)[N+](C)(C)CS(=O)(=O)[O-]. The summed E-state index contributed by atoms with van der Waals surface area (Å²) in [5.74, 6) is -1.26. The van der Waals surface area contributed by atoms with Crippen LogP contribution in [0.15, 0.2) is 12.7 Å². The average Bonchev–Trinajstić information content (AvgIpc) is 1.80. The quantitative estimate of drug-likeness (QED) is 0.337. The number of carbonyl (C=O) groups excluding carboxylic acids is 1. The first-order valence-electron chi connectivity index (χ1n) is 3.12. The number of hydrogen-bond donors (Lipinski definition) is 0. The number of likely N-dealkylation sites (N-methyl/N-ethyl adjacent to an activating group) is 1. The lowest BCUT2D eigenvalue weighted by molar-refractivity contribution is -0.798. The zero-order chi connectivity index (χ0) is 9.99. The molecule has 0 aliphatic heterocycles. The summed E-state index contributed by atoms with van der Waals surface area (Å²) >= 11 is 0. The predicted octanol–water partition coefficient (Wildman–Crippen LogP) is -0.722. The molecule has 0 aromatic carbocycles. The highest BCUT2D eigenvalue weighted by Crippen LogP contribution is 2.01. The van der Waals surface area contributed by atoms with Crippen molar-refractivity contribution in [1.82, 2.24) is 0 Å². The Morgan fingerprint density at radius 3 is 2.25 bits per heavy atom. The van der Waals surface area contributed by atoms with E-state index in [2.05, 4.69) is 6.58 Å². The summed E-state index contributed by atoms with van der Waals surface area (Å²) in [6.07, 6.45) is 0.991. The van der Waals surface area contributed by atoms with Crippen LogP contribution in [-0.2, 0) is 14.9 Å². The molecule has 0 aliphatic rings. The molecule has 0 aliphatic carbocycles. The van der Waals surface area contributed by atoms with Crippen molar-refractivity contribution in [3.63, 3.8) is 0 Å². The maximum absolute atomic E-state index is 11.0. The van der Waals surface area contributed by atoms with Gasteiger partial charge in [-0.3, -0.25) is 0 Å². The average molecular weight is 193 g/mol. The maximum Gasteiger partial charge on any atom is 0.338 e. The van der Waals surface area contributed by atoms with Gasteiger partial charge in [0, 0.05) is 6.08 Å². The second kappa shape index (κ2) is 3.34. The third kappa shape index (κ3) is 3.61. The van der Waals surface area contributed by atoms with Gasteiger partial charge < -0.3 is 4.55 Å². The summed E-state index contributed by atoms with van der Waals surface area (Å²) in [5, 5.41) is 0. The van der Waals surface area contributed by atoms with Crippen molar-refractivity contribution < 1.29 is 22.2 Å². The zero-order valence-electron chi connectivity index (χ0n) is 6.98. The molecule has 0 aromatic rings. The molecule has 0 spiro atoms. The summed E-state index contributed by atoms with van der Waals surface area (Å²) in [5.41, 5.74) is 0. The first kappa shape index (κ1) is 11.3. The smallest absolute Gasteiger partial charge is 0.338 e. The Bertz CT molecular complexity index is 291. The lowest BCUT2D eigenvalue weighted by Gasteiger charge is -2.26. The maximum atomic E-state index is 11.0. The molecule has 70 valence electrons. The van der Waals surface area contributed by atoms with E-state index in [1.807, 2.05) is 0 Å². The molecular formula is C6H11NO4S. The Labute approximate surface area is 71.6 Å². The van der Waals surface area contributed by atoms with E-state index in [1.54, 1.807) is 0 Å². The second-order valence-corrected chi connectivity index (χ2v) is 4.29. The minimum absolute atomic E-state index is 0.505. The number of amides is 1. The first-order valence-corrected chi connectivity index (χ1v) is 4.70. The molecule has 0 radical (unpaired) electrons. The van der Waals surface area contributed by atoms with E-state index in [1.165, 1.54) is 14.1 Å². The van der Waals surface area contributed by atoms with Gasteiger partial charge in [-0.15, -0.1) is 0 Å². The summed E-state index contributed by atoms with van der Waals surface area (Å²) in [6.45, 7) is 3.19. The Morgan fingerprint density at radius 2 is 2.00 bits per heavy atom. The van der Waals surface area contributed by atoms with Crippen molar-refractivity contribution in [2.75, 3.05) is 20.0 Å². The van der Waals surface area contributed by atoms with Gasteiger partial charge >= 0.3 is 5.91 Å². The van der Waals surface area contributed by atoms with Crippen LogP contribution in [0.25, 0.3) is 0 Å². The van der Waals surface area contributed by atoms with Crippen LogP contribution < -0.4 is 0 Å². The molecule has 0 fully saturated rings. The molecular weight excluding hydrogens is 182 g/mol. The molecule has 6 heteroatoms. The molecule has 0 rings (SSSR count). The number of carbonyl (C=O) groups is 1. The van der Waals surface area contributed by atoms with Crippen molar-refractivity contribution >= 4 is 16.0 Å². The number of nitrogens with zero attached hydrogens (tertiary/aromatic N) is 1. The summed E-state index contributed by atoms with van der Waals surface area (Å²) < 4.78 is 30.4. The molecule has 0 bridgehead atoms. The van der Waals surface area contributed by atoms with Gasteiger partial charge in [-0.1, -0.05) is 6.58 Å². The lowest BCUT2D eigenvalue weighted by atomic mass is 10.5. The third-order valence-electron chi connectivity index (χ3n) is 1.25. The lowest BCUT2D eigenvalue weighted by Crippen LogP contribution is -2.47. The standard InChI is InChI=1S/C6H11NO4S/c1-4-6(8)7(2,3)5-12(9,10)11/h4H,1,5H2,2-3H3. The number of rotatable bonds is 3. The monoisotopic (exact) mass is 193 g/mol. The van der Waals surface area contributed by atoms with Gasteiger partial charge in [0.2, 0.25) is 0 Å². The minimum Gasteiger partial charge on any atom is -0.744 e. The first-order chi connectivity index (χ1) is 5.19. The molecule has 0 unspecified atom stereocenters. The fourth-order valence-electron chi connectivity index (χ4n) is 0.706. The zero-order valence-corrected chi connectivity index (χ0v) is 7.80. The van der Waals surface area contributed by atoms with Crippen LogP contribution in [0, 0.1) is 0 Å². The Kier molecular flexibility index (Phi) is 3.14. The van der Waals surface area contributed by atoms with Crippen molar-refractivity contribution in [3.8, 4) is 0 Å². The van der Waals surface area contributed by atoms with E-state index in [0.29, 0.717) is 0 Å². The van der Waals surface area contributed by atoms with E-state index in [4.69, 9.17) is 0 Å². The van der Waals surface area contributed by atoms with E-state index in [0.717, 1.165) is 6.08 Å². The fourth-order valence-corrected chi connectivity index (χ4v) is 1.62. The van der Waals surface area contributed by atoms with Crippen LogP contribution in [0.1, 0.15) is 0 Å². The normalized spacial score (nSPS) is 12.6. The van der Waals surface area contributed by atoms with E-state index >= 15 is 0 Å². The largest absolute Gasteiger partial charge is 0.744 e. The Morgan fingerprint density at radius 1 is 1.58 bits per heavy atom. The minimum atomic E-state index is -4.38. The highest BCUT2D eigenvalue weighted by molar-refractivity contribution is 7.85. The molecule has 0 saturated carbocycles. The summed E-state index contributed by atoms with van der Waals surface area (Å²) in [7, 11) is -1.72. The molecule has 0 heterocycles. The van der Waals surface area contributed by atoms with Crippen LogP contribution in [0.3, 0.4) is 0 Å². The van der Waals surface area contributed by atoms with Crippen molar-refractivity contribution in [2.45, 2.75) is 0 Å². The van der Waals surface area contributed by atoms with Gasteiger partial charge in [-0.05, 0) is 0 Å². The van der Waals surface area contributed by atoms with Gasteiger partial charge in [-0.25, -0.2) is 17.7 Å². The fraction of sp³-hybridized carbons (Fsp3) is 0.500. The van der Waals surface area contributed by atoms with Gasteiger partial charge in [0.05, 0.1) is 14.1 Å². The molecule has 0 N–H and O–H groups in total. The molecule has 0 aromatic heterocycles. The van der Waals surface area contributed by atoms with Gasteiger partial charge in [0.25, 0.3) is 0 Å². The van der Waals surface area contributed by atoms with Crippen molar-refractivity contribution in [3.05, 3.63) is 12.7 Å². The second-order valence-electron chi connectivity index (χ2n) is 2.91. The molecule has 0 saturated heterocycles. The highest BCUT2D eigenvalue weighted by Gasteiger charge is 2.25. The molecule has 1 amide bonds. The number of quaternary nitrogens is 1. The van der Waals surface area contributed by atoms with Crippen LogP contribution in [0.2, 0.25) is 0 Å². The predicted molar refractivity (Wildman–Crippen MR) is 41.9 cm³/mol. The van der Waals surface area contributed by atoms with Crippen LogP contribution >= 0.6 is 0 Å². The molecule has 0 atom stereocenters. The third-order valence-corrected chi connectivity index (χ3v) is 2.21. The van der Waals surface area contributed by atoms with Crippen LogP contribution in [0.4, 0.5) is 0 Å². The summed E-state index contributed by atoms with van der Waals surface area (Å²) in [4.78, 5) is 11.0. The van der Waals surface area contributed by atoms with Gasteiger partial charge in [-0.2, -0.15) is 0 Å². The molecule has 5 nitrogen and oxygen atoms in total. The summed E-state index contributed by atoms with van der Waals surface area (Å²) in [6, 6.07) is 0. The van der Waals surface area contributed by atoms with E-state index in [-0.39, 0.29) is 0 Å². The van der Waals surface area contributed by atoms with E-state index in [9.17, 15) is 17.8 Å². The van der Waals surface area contributed by atoms with Gasteiger partial charge in [0.1, 0.15) is 10.1 Å².